The molecule has 1 atom stereocenters. The second kappa shape index (κ2) is 5.37. The number of hydrogen-bond acceptors (Lipinski definition) is 2. The summed E-state index contributed by atoms with van der Waals surface area (Å²) in [5.41, 5.74) is 0.887. The highest BCUT2D eigenvalue weighted by molar-refractivity contribution is 5.17. The van der Waals surface area contributed by atoms with Gasteiger partial charge in [0.15, 0.2) is 0 Å². The molecule has 0 bridgehead atoms. The maximum absolute atomic E-state index is 13.7. The first-order valence-corrected chi connectivity index (χ1v) is 6.70. The van der Waals surface area contributed by atoms with E-state index in [2.05, 4.69) is 31.0 Å². The van der Waals surface area contributed by atoms with Crippen LogP contribution in [0.3, 0.4) is 0 Å². The van der Waals surface area contributed by atoms with Crippen molar-refractivity contribution < 1.29 is 4.39 Å². The summed E-state index contributed by atoms with van der Waals surface area (Å²) >= 11 is 0. The third-order valence-corrected chi connectivity index (χ3v) is 3.72. The van der Waals surface area contributed by atoms with E-state index in [0.717, 1.165) is 25.1 Å². The number of hydrogen-bond donors (Lipinski definition) is 1. The number of nitrogens with one attached hydrogen (secondary N) is 1. The van der Waals surface area contributed by atoms with Crippen LogP contribution in [0, 0.1) is 5.82 Å². The van der Waals surface area contributed by atoms with Gasteiger partial charge in [-0.1, -0.05) is 18.2 Å². The molecule has 2 rings (SSSR count). The van der Waals surface area contributed by atoms with Crippen molar-refractivity contribution in [2.24, 2.45) is 0 Å². The third-order valence-electron chi connectivity index (χ3n) is 3.72. The average Bonchev–Trinajstić information content (AvgIpc) is 2.41. The molecule has 0 aliphatic carbocycles. The molecule has 0 saturated carbocycles. The molecule has 0 amide bonds. The van der Waals surface area contributed by atoms with Crippen LogP contribution in [-0.4, -0.2) is 29.6 Å². The van der Waals surface area contributed by atoms with E-state index in [1.807, 2.05) is 12.1 Å². The fourth-order valence-electron chi connectivity index (χ4n) is 2.58. The first-order valence-electron chi connectivity index (χ1n) is 6.70. The monoisotopic (exact) mass is 250 g/mol. The first-order chi connectivity index (χ1) is 8.48. The fraction of sp³-hybridized carbons (Fsp3) is 0.600. The normalized spacial score (nSPS) is 24.8. The van der Waals surface area contributed by atoms with E-state index in [-0.39, 0.29) is 11.4 Å². The maximum atomic E-state index is 13.7. The van der Waals surface area contributed by atoms with E-state index in [9.17, 15) is 4.39 Å². The number of rotatable bonds is 2. The van der Waals surface area contributed by atoms with Gasteiger partial charge in [-0.2, -0.15) is 0 Å². The summed E-state index contributed by atoms with van der Waals surface area (Å²) in [7, 11) is 0. The predicted molar refractivity (Wildman–Crippen MR) is 73.0 cm³/mol. The zero-order valence-corrected chi connectivity index (χ0v) is 11.5. The Morgan fingerprint density at radius 2 is 2.11 bits per heavy atom. The molecule has 1 N–H and O–H groups in total. The van der Waals surface area contributed by atoms with Crippen LogP contribution in [0.25, 0.3) is 0 Å². The minimum Gasteiger partial charge on any atom is -0.310 e. The molecular weight excluding hydrogens is 227 g/mol. The van der Waals surface area contributed by atoms with Crippen LogP contribution < -0.4 is 5.32 Å². The van der Waals surface area contributed by atoms with Gasteiger partial charge in [0.1, 0.15) is 5.82 Å². The topological polar surface area (TPSA) is 15.3 Å². The van der Waals surface area contributed by atoms with Crippen molar-refractivity contribution in [3.8, 4) is 0 Å². The van der Waals surface area contributed by atoms with Crippen molar-refractivity contribution in [1.82, 2.24) is 10.2 Å². The number of halogens is 1. The van der Waals surface area contributed by atoms with Gasteiger partial charge in [-0.05, 0) is 39.8 Å². The lowest BCUT2D eigenvalue weighted by Gasteiger charge is -2.33. The number of benzene rings is 1. The highest BCUT2D eigenvalue weighted by atomic mass is 19.1. The Bertz CT molecular complexity index is 403. The van der Waals surface area contributed by atoms with Crippen molar-refractivity contribution >= 4 is 0 Å². The van der Waals surface area contributed by atoms with Crippen LogP contribution in [0.2, 0.25) is 0 Å². The van der Waals surface area contributed by atoms with Gasteiger partial charge < -0.3 is 5.32 Å². The summed E-state index contributed by atoms with van der Waals surface area (Å²) in [6.07, 6.45) is 1.11. The first kappa shape index (κ1) is 13.5. The molecule has 1 aliphatic rings. The molecule has 2 nitrogen and oxygen atoms in total. The van der Waals surface area contributed by atoms with Crippen LogP contribution in [0.15, 0.2) is 24.3 Å². The lowest BCUT2D eigenvalue weighted by Crippen LogP contribution is -2.47. The maximum Gasteiger partial charge on any atom is 0.127 e. The Morgan fingerprint density at radius 1 is 1.39 bits per heavy atom. The van der Waals surface area contributed by atoms with E-state index < -0.39 is 0 Å². The molecule has 1 aromatic rings. The Labute approximate surface area is 109 Å². The SMILES string of the molecule is CC1CCNC(C)(C)CN1Cc1ccccc1F. The molecule has 0 radical (unpaired) electrons. The Balaban J connectivity index is 2.13. The highest BCUT2D eigenvalue weighted by Gasteiger charge is 2.28. The molecule has 1 unspecified atom stereocenters. The van der Waals surface area contributed by atoms with Gasteiger partial charge in [0.25, 0.3) is 0 Å². The van der Waals surface area contributed by atoms with Crippen LogP contribution >= 0.6 is 0 Å². The van der Waals surface area contributed by atoms with Crippen molar-refractivity contribution in [2.45, 2.75) is 45.3 Å². The van der Waals surface area contributed by atoms with Crippen LogP contribution in [0.1, 0.15) is 32.8 Å². The smallest absolute Gasteiger partial charge is 0.127 e. The lowest BCUT2D eigenvalue weighted by molar-refractivity contribution is 0.171. The molecule has 1 saturated heterocycles. The summed E-state index contributed by atoms with van der Waals surface area (Å²) in [5.74, 6) is -0.0975. The van der Waals surface area contributed by atoms with Gasteiger partial charge in [0.05, 0.1) is 0 Å². The van der Waals surface area contributed by atoms with Crippen LogP contribution in [-0.2, 0) is 6.54 Å². The molecule has 18 heavy (non-hydrogen) atoms. The van der Waals surface area contributed by atoms with Crippen molar-refractivity contribution in [2.75, 3.05) is 13.1 Å². The van der Waals surface area contributed by atoms with Crippen molar-refractivity contribution in [3.05, 3.63) is 35.6 Å². The second-order valence-corrected chi connectivity index (χ2v) is 5.94. The molecule has 1 fully saturated rings. The Kier molecular flexibility index (Phi) is 4.03. The van der Waals surface area contributed by atoms with E-state index in [0.29, 0.717) is 12.6 Å². The largest absolute Gasteiger partial charge is 0.310 e. The summed E-state index contributed by atoms with van der Waals surface area (Å²) in [4.78, 5) is 2.37. The van der Waals surface area contributed by atoms with Crippen LogP contribution in [0.4, 0.5) is 4.39 Å². The van der Waals surface area contributed by atoms with Gasteiger partial charge in [0, 0.05) is 30.2 Å². The van der Waals surface area contributed by atoms with E-state index >= 15 is 0 Å². The Hall–Kier alpha value is -0.930. The van der Waals surface area contributed by atoms with E-state index in [1.165, 1.54) is 0 Å². The van der Waals surface area contributed by atoms with Gasteiger partial charge in [-0.15, -0.1) is 0 Å². The standard InChI is InChI=1S/C15H23FN2/c1-12-8-9-17-15(2,3)11-18(12)10-13-6-4-5-7-14(13)16/h4-7,12,17H,8-11H2,1-3H3. The predicted octanol–water partition coefficient (Wildman–Crippen LogP) is 2.79. The molecule has 1 heterocycles. The van der Waals surface area contributed by atoms with Gasteiger partial charge in [-0.25, -0.2) is 4.39 Å². The van der Waals surface area contributed by atoms with Gasteiger partial charge in [-0.3, -0.25) is 4.90 Å². The van der Waals surface area contributed by atoms with E-state index in [1.54, 1.807) is 12.1 Å². The third kappa shape index (κ3) is 3.30. The van der Waals surface area contributed by atoms with Crippen LogP contribution in [0.5, 0.6) is 0 Å². The van der Waals surface area contributed by atoms with E-state index in [4.69, 9.17) is 0 Å². The molecule has 100 valence electrons. The molecule has 1 aromatic carbocycles. The zero-order chi connectivity index (χ0) is 13.2. The number of nitrogens with zero attached hydrogens (tertiary/aromatic N) is 1. The van der Waals surface area contributed by atoms with Crippen molar-refractivity contribution in [3.63, 3.8) is 0 Å². The minimum absolute atomic E-state index is 0.0933. The average molecular weight is 250 g/mol. The fourth-order valence-corrected chi connectivity index (χ4v) is 2.58. The second-order valence-electron chi connectivity index (χ2n) is 5.94. The van der Waals surface area contributed by atoms with Gasteiger partial charge in [0.2, 0.25) is 0 Å². The van der Waals surface area contributed by atoms with Crippen molar-refractivity contribution in [1.29, 1.82) is 0 Å². The summed E-state index contributed by atoms with van der Waals surface area (Å²) in [6, 6.07) is 7.56. The molecular formula is C15H23FN2. The minimum atomic E-state index is -0.0975. The molecule has 0 spiro atoms. The molecule has 3 heteroatoms. The summed E-state index contributed by atoms with van der Waals surface area (Å²) < 4.78 is 13.7. The lowest BCUT2D eigenvalue weighted by atomic mass is 10.0. The highest BCUT2D eigenvalue weighted by Crippen LogP contribution is 2.19. The summed E-state index contributed by atoms with van der Waals surface area (Å²) in [5, 5.41) is 3.55. The molecule has 1 aliphatic heterocycles. The van der Waals surface area contributed by atoms with Gasteiger partial charge >= 0.3 is 0 Å². The summed E-state index contributed by atoms with van der Waals surface area (Å²) in [6.45, 7) is 9.31. The molecule has 0 aromatic heterocycles. The zero-order valence-electron chi connectivity index (χ0n) is 11.5. The Morgan fingerprint density at radius 3 is 2.83 bits per heavy atom. The quantitative estimate of drug-likeness (QED) is 0.868.